The number of nitrogens with zero attached hydrogens (tertiary/aromatic N) is 4. The van der Waals surface area contributed by atoms with Crippen LogP contribution in [0.25, 0.3) is 0 Å². The lowest BCUT2D eigenvalue weighted by molar-refractivity contribution is 0.0671. The third-order valence-corrected chi connectivity index (χ3v) is 2.79. The van der Waals surface area contributed by atoms with Crippen LogP contribution < -0.4 is 15.4 Å². The molecule has 0 atom stereocenters. The monoisotopic (exact) mass is 283 g/mol. The van der Waals surface area contributed by atoms with E-state index in [4.69, 9.17) is 15.2 Å². The maximum absolute atomic E-state index is 10.1. The first-order chi connectivity index (χ1) is 9.50. The second kappa shape index (κ2) is 6.29. The van der Waals surface area contributed by atoms with Crippen molar-refractivity contribution >= 4 is 5.95 Å². The number of hydrogen-bond acceptors (Lipinski definition) is 8. The summed E-state index contributed by atoms with van der Waals surface area (Å²) in [6.07, 6.45) is 0. The number of hydrogen-bond donors (Lipinski definition) is 2. The first kappa shape index (κ1) is 14.9. The molecule has 112 valence electrons. The Hall–Kier alpha value is -1.51. The number of rotatable bonds is 5. The van der Waals surface area contributed by atoms with Crippen LogP contribution in [0.3, 0.4) is 0 Å². The van der Waals surface area contributed by atoms with Crippen molar-refractivity contribution in [2.45, 2.75) is 19.4 Å². The molecule has 0 spiro atoms. The van der Waals surface area contributed by atoms with Crippen molar-refractivity contribution in [1.82, 2.24) is 15.0 Å². The summed E-state index contributed by atoms with van der Waals surface area (Å²) in [7, 11) is 0. The van der Waals surface area contributed by atoms with E-state index < -0.39 is 5.60 Å². The van der Waals surface area contributed by atoms with Crippen LogP contribution in [0.4, 0.5) is 5.95 Å². The fourth-order valence-electron chi connectivity index (χ4n) is 1.74. The van der Waals surface area contributed by atoms with Crippen LogP contribution >= 0.6 is 0 Å². The molecule has 2 heterocycles. The van der Waals surface area contributed by atoms with E-state index in [1.165, 1.54) is 0 Å². The zero-order valence-electron chi connectivity index (χ0n) is 11.9. The van der Waals surface area contributed by atoms with Gasteiger partial charge in [0.1, 0.15) is 12.2 Å². The van der Waals surface area contributed by atoms with E-state index in [-0.39, 0.29) is 11.8 Å². The first-order valence-electron chi connectivity index (χ1n) is 6.65. The summed E-state index contributed by atoms with van der Waals surface area (Å²) in [5.41, 5.74) is 4.25. The Morgan fingerprint density at radius 3 is 2.60 bits per heavy atom. The molecule has 20 heavy (non-hydrogen) atoms. The van der Waals surface area contributed by atoms with Gasteiger partial charge in [-0.1, -0.05) is 0 Å². The number of aromatic nitrogens is 3. The van der Waals surface area contributed by atoms with Crippen molar-refractivity contribution in [3.63, 3.8) is 0 Å². The van der Waals surface area contributed by atoms with Crippen molar-refractivity contribution < 1.29 is 14.6 Å². The maximum atomic E-state index is 10.1. The van der Waals surface area contributed by atoms with Crippen LogP contribution in [-0.4, -0.2) is 59.5 Å². The number of morpholine rings is 1. The summed E-state index contributed by atoms with van der Waals surface area (Å²) in [5, 5.41) is 10.1. The Balaban J connectivity index is 2.29. The van der Waals surface area contributed by atoms with E-state index in [1.807, 2.05) is 4.90 Å². The zero-order valence-corrected chi connectivity index (χ0v) is 11.9. The van der Waals surface area contributed by atoms with Crippen molar-refractivity contribution in [2.24, 2.45) is 5.73 Å². The summed E-state index contributed by atoms with van der Waals surface area (Å²) in [6.45, 7) is 6.59. The Morgan fingerprint density at radius 1 is 1.30 bits per heavy atom. The highest BCUT2D eigenvalue weighted by Crippen LogP contribution is 2.21. The topological polar surface area (TPSA) is 107 Å². The SMILES string of the molecule is CC(C)(O)c1nc(OCCN)nc(N2CCOCC2)n1. The first-order valence-corrected chi connectivity index (χ1v) is 6.65. The third kappa shape index (κ3) is 3.75. The lowest BCUT2D eigenvalue weighted by atomic mass is 10.1. The van der Waals surface area contributed by atoms with Gasteiger partial charge in [-0.3, -0.25) is 0 Å². The van der Waals surface area contributed by atoms with Gasteiger partial charge in [0.15, 0.2) is 5.82 Å². The Bertz CT molecular complexity index is 443. The molecule has 0 amide bonds. The Labute approximate surface area is 117 Å². The molecule has 1 aliphatic rings. The van der Waals surface area contributed by atoms with Gasteiger partial charge in [0.25, 0.3) is 0 Å². The molecule has 1 saturated heterocycles. The molecule has 0 unspecified atom stereocenters. The van der Waals surface area contributed by atoms with Crippen LogP contribution in [0.5, 0.6) is 6.01 Å². The molecular weight excluding hydrogens is 262 g/mol. The summed E-state index contributed by atoms with van der Waals surface area (Å²) in [6, 6.07) is 0.184. The van der Waals surface area contributed by atoms with Gasteiger partial charge in [-0.25, -0.2) is 0 Å². The van der Waals surface area contributed by atoms with E-state index in [1.54, 1.807) is 13.8 Å². The second-order valence-electron chi connectivity index (χ2n) is 5.04. The number of nitrogens with two attached hydrogens (primary N) is 1. The minimum absolute atomic E-state index is 0.184. The minimum Gasteiger partial charge on any atom is -0.462 e. The second-order valence-corrected chi connectivity index (χ2v) is 5.04. The van der Waals surface area contributed by atoms with Crippen molar-refractivity contribution in [3.8, 4) is 6.01 Å². The molecular formula is C12H21N5O3. The zero-order chi connectivity index (χ0) is 14.6. The summed E-state index contributed by atoms with van der Waals surface area (Å²) in [4.78, 5) is 14.7. The average molecular weight is 283 g/mol. The quantitative estimate of drug-likeness (QED) is 0.728. The van der Waals surface area contributed by atoms with Gasteiger partial charge >= 0.3 is 6.01 Å². The highest BCUT2D eigenvalue weighted by molar-refractivity contribution is 5.32. The molecule has 1 aromatic rings. The molecule has 1 aliphatic heterocycles. The lowest BCUT2D eigenvalue weighted by Gasteiger charge is -2.27. The number of ether oxygens (including phenoxy) is 2. The van der Waals surface area contributed by atoms with E-state index in [0.717, 1.165) is 0 Å². The van der Waals surface area contributed by atoms with Gasteiger partial charge in [0.05, 0.1) is 13.2 Å². The van der Waals surface area contributed by atoms with Crippen molar-refractivity contribution in [1.29, 1.82) is 0 Å². The van der Waals surface area contributed by atoms with E-state index >= 15 is 0 Å². The molecule has 2 rings (SSSR count). The predicted octanol–water partition coefficient (Wildman–Crippen LogP) is -0.727. The van der Waals surface area contributed by atoms with Crippen molar-refractivity contribution in [3.05, 3.63) is 5.82 Å². The Kier molecular flexibility index (Phi) is 4.69. The molecule has 0 aromatic carbocycles. The van der Waals surface area contributed by atoms with Crippen LogP contribution in [0, 0.1) is 0 Å². The van der Waals surface area contributed by atoms with Crippen LogP contribution in [-0.2, 0) is 10.3 Å². The van der Waals surface area contributed by atoms with Crippen LogP contribution in [0.15, 0.2) is 0 Å². The molecule has 8 heteroatoms. The minimum atomic E-state index is -1.16. The summed E-state index contributed by atoms with van der Waals surface area (Å²) in [5.74, 6) is 0.772. The maximum Gasteiger partial charge on any atom is 0.321 e. The largest absolute Gasteiger partial charge is 0.462 e. The van der Waals surface area contributed by atoms with Crippen LogP contribution in [0.1, 0.15) is 19.7 Å². The van der Waals surface area contributed by atoms with E-state index in [0.29, 0.717) is 45.4 Å². The standard InChI is InChI=1S/C12H21N5O3/c1-12(2,18)9-14-10(17-4-7-19-8-5-17)16-11(15-9)20-6-3-13/h18H,3-8,13H2,1-2H3. The van der Waals surface area contributed by atoms with E-state index in [2.05, 4.69) is 15.0 Å². The van der Waals surface area contributed by atoms with Crippen LogP contribution in [0.2, 0.25) is 0 Å². The molecule has 1 fully saturated rings. The predicted molar refractivity (Wildman–Crippen MR) is 72.7 cm³/mol. The number of aliphatic hydroxyl groups is 1. The Morgan fingerprint density at radius 2 is 2.00 bits per heavy atom. The van der Waals surface area contributed by atoms with Gasteiger partial charge in [-0.05, 0) is 13.8 Å². The van der Waals surface area contributed by atoms with Gasteiger partial charge < -0.3 is 25.2 Å². The molecule has 8 nitrogen and oxygen atoms in total. The molecule has 0 bridgehead atoms. The molecule has 1 aromatic heterocycles. The van der Waals surface area contributed by atoms with Gasteiger partial charge in [-0.2, -0.15) is 15.0 Å². The fraction of sp³-hybridized carbons (Fsp3) is 0.750. The highest BCUT2D eigenvalue weighted by Gasteiger charge is 2.24. The number of anilines is 1. The average Bonchev–Trinajstić information content (AvgIpc) is 2.45. The molecule has 0 aliphatic carbocycles. The molecule has 0 saturated carbocycles. The lowest BCUT2D eigenvalue weighted by Crippen LogP contribution is -2.38. The summed E-state index contributed by atoms with van der Waals surface area (Å²) < 4.78 is 10.7. The summed E-state index contributed by atoms with van der Waals surface area (Å²) >= 11 is 0. The smallest absolute Gasteiger partial charge is 0.321 e. The normalized spacial score (nSPS) is 16.3. The van der Waals surface area contributed by atoms with E-state index in [9.17, 15) is 5.11 Å². The van der Waals surface area contributed by atoms with Gasteiger partial charge in [0.2, 0.25) is 5.95 Å². The molecule has 0 radical (unpaired) electrons. The molecule has 3 N–H and O–H groups in total. The highest BCUT2D eigenvalue weighted by atomic mass is 16.5. The van der Waals surface area contributed by atoms with Gasteiger partial charge in [0, 0.05) is 19.6 Å². The van der Waals surface area contributed by atoms with Crippen molar-refractivity contribution in [2.75, 3.05) is 44.4 Å². The fourth-order valence-corrected chi connectivity index (χ4v) is 1.74. The third-order valence-electron chi connectivity index (χ3n) is 2.79. The van der Waals surface area contributed by atoms with Gasteiger partial charge in [-0.15, -0.1) is 0 Å².